The molecule has 26 heavy (non-hydrogen) atoms. The smallest absolute Gasteiger partial charge is 0.444 e. The van der Waals surface area contributed by atoms with E-state index < -0.39 is 18.0 Å². The second-order valence-electron chi connectivity index (χ2n) is 5.31. The molecule has 0 fully saturated rings. The van der Waals surface area contributed by atoms with Crippen LogP contribution >= 0.6 is 0 Å². The first kappa shape index (κ1) is 17.5. The number of benzene rings is 2. The second kappa shape index (κ2) is 7.30. The summed E-state index contributed by atoms with van der Waals surface area (Å²) in [5.41, 5.74) is 1.36. The van der Waals surface area contributed by atoms with E-state index in [0.29, 0.717) is 11.6 Å². The van der Waals surface area contributed by atoms with Gasteiger partial charge in [0, 0.05) is 17.3 Å². The summed E-state index contributed by atoms with van der Waals surface area (Å²) >= 11 is 0. The van der Waals surface area contributed by atoms with E-state index in [4.69, 9.17) is 4.42 Å². The van der Waals surface area contributed by atoms with Crippen LogP contribution in [-0.2, 0) is 11.2 Å². The average molecular weight is 362 g/mol. The van der Waals surface area contributed by atoms with Gasteiger partial charge >= 0.3 is 6.36 Å². The zero-order valence-corrected chi connectivity index (χ0v) is 13.3. The molecule has 3 aromatic rings. The van der Waals surface area contributed by atoms with Gasteiger partial charge in [0.2, 0.25) is 11.8 Å². The number of alkyl halides is 3. The molecule has 0 aliphatic carbocycles. The van der Waals surface area contributed by atoms with Gasteiger partial charge in [0.15, 0.2) is 0 Å². The summed E-state index contributed by atoms with van der Waals surface area (Å²) in [6, 6.07) is 14.2. The number of halogens is 3. The van der Waals surface area contributed by atoms with Gasteiger partial charge in [0.05, 0.1) is 12.1 Å². The van der Waals surface area contributed by atoms with Gasteiger partial charge in [-0.15, -0.1) is 13.2 Å². The molecule has 0 bridgehead atoms. The molecular weight excluding hydrogens is 349 g/mol. The van der Waals surface area contributed by atoms with Gasteiger partial charge in [-0.05, 0) is 24.3 Å². The number of carbonyl (C=O) groups is 1. The molecule has 0 spiro atoms. The number of hydrogen-bond donors (Lipinski definition) is 1. The monoisotopic (exact) mass is 362 g/mol. The highest BCUT2D eigenvalue weighted by molar-refractivity contribution is 5.92. The molecular formula is C18H13F3N2O3. The Balaban J connectivity index is 1.63. The average Bonchev–Trinajstić information content (AvgIpc) is 3.02. The molecule has 0 saturated heterocycles. The Morgan fingerprint density at radius 1 is 1.12 bits per heavy atom. The summed E-state index contributed by atoms with van der Waals surface area (Å²) < 4.78 is 45.9. The molecule has 0 aliphatic rings. The topological polar surface area (TPSA) is 64.4 Å². The van der Waals surface area contributed by atoms with Gasteiger partial charge in [0.25, 0.3) is 0 Å². The van der Waals surface area contributed by atoms with E-state index in [1.807, 2.05) is 30.3 Å². The number of ether oxygens (including phenoxy) is 1. The molecule has 3 rings (SSSR count). The van der Waals surface area contributed by atoms with E-state index in [0.717, 1.165) is 17.7 Å². The standard InChI is InChI=1S/C18H13F3N2O3/c19-18(20,21)26-15-8-4-7-13(9-15)22-16(24)10-14-11-25-17(23-14)12-5-2-1-3-6-12/h1-9,11H,10H2,(H,22,24). The lowest BCUT2D eigenvalue weighted by atomic mass is 10.2. The number of amides is 1. The van der Waals surface area contributed by atoms with Crippen molar-refractivity contribution in [2.45, 2.75) is 12.8 Å². The zero-order valence-electron chi connectivity index (χ0n) is 13.3. The van der Waals surface area contributed by atoms with E-state index in [9.17, 15) is 18.0 Å². The van der Waals surface area contributed by atoms with Crippen LogP contribution in [0.2, 0.25) is 0 Å². The fourth-order valence-corrected chi connectivity index (χ4v) is 2.24. The van der Waals surface area contributed by atoms with Crippen molar-refractivity contribution in [2.75, 3.05) is 5.32 Å². The molecule has 2 aromatic carbocycles. The molecule has 1 N–H and O–H groups in total. The van der Waals surface area contributed by atoms with Crippen molar-refractivity contribution in [3.63, 3.8) is 0 Å². The van der Waals surface area contributed by atoms with Crippen molar-refractivity contribution in [1.82, 2.24) is 4.98 Å². The molecule has 0 aliphatic heterocycles. The van der Waals surface area contributed by atoms with E-state index >= 15 is 0 Å². The lowest BCUT2D eigenvalue weighted by Gasteiger charge is -2.10. The maximum Gasteiger partial charge on any atom is 0.573 e. The lowest BCUT2D eigenvalue weighted by Crippen LogP contribution is -2.18. The number of nitrogens with one attached hydrogen (secondary N) is 1. The molecule has 1 amide bonds. The summed E-state index contributed by atoms with van der Waals surface area (Å²) in [5, 5.41) is 2.50. The Bertz CT molecular complexity index is 892. The van der Waals surface area contributed by atoms with Crippen LogP contribution in [-0.4, -0.2) is 17.3 Å². The van der Waals surface area contributed by atoms with Gasteiger partial charge in [-0.1, -0.05) is 24.3 Å². The minimum atomic E-state index is -4.79. The normalized spacial score (nSPS) is 11.2. The van der Waals surface area contributed by atoms with Crippen molar-refractivity contribution in [2.24, 2.45) is 0 Å². The highest BCUT2D eigenvalue weighted by Gasteiger charge is 2.31. The number of anilines is 1. The fraction of sp³-hybridized carbons (Fsp3) is 0.111. The van der Waals surface area contributed by atoms with Gasteiger partial charge in [-0.3, -0.25) is 4.79 Å². The van der Waals surface area contributed by atoms with Crippen LogP contribution < -0.4 is 10.1 Å². The molecule has 0 unspecified atom stereocenters. The van der Waals surface area contributed by atoms with Crippen LogP contribution in [0.25, 0.3) is 11.5 Å². The highest BCUT2D eigenvalue weighted by atomic mass is 19.4. The van der Waals surface area contributed by atoms with E-state index in [-0.39, 0.29) is 12.1 Å². The van der Waals surface area contributed by atoms with E-state index in [1.54, 1.807) is 0 Å². The largest absolute Gasteiger partial charge is 0.573 e. The molecule has 0 radical (unpaired) electrons. The SMILES string of the molecule is O=C(Cc1coc(-c2ccccc2)n1)Nc1cccc(OC(F)(F)F)c1. The summed E-state index contributed by atoms with van der Waals surface area (Å²) in [6.07, 6.45) is -3.51. The van der Waals surface area contributed by atoms with Crippen molar-refractivity contribution >= 4 is 11.6 Å². The van der Waals surface area contributed by atoms with E-state index in [1.165, 1.54) is 18.4 Å². The Labute approximate surface area is 146 Å². The number of nitrogens with zero attached hydrogens (tertiary/aromatic N) is 1. The maximum atomic E-state index is 12.2. The van der Waals surface area contributed by atoms with Gasteiger partial charge < -0.3 is 14.5 Å². The van der Waals surface area contributed by atoms with Gasteiger partial charge in [-0.25, -0.2) is 4.98 Å². The number of aromatic nitrogens is 1. The van der Waals surface area contributed by atoms with Crippen LogP contribution in [0, 0.1) is 0 Å². The van der Waals surface area contributed by atoms with Crippen molar-refractivity contribution < 1.29 is 27.1 Å². The van der Waals surface area contributed by atoms with Crippen LogP contribution in [0.15, 0.2) is 65.3 Å². The Kier molecular flexibility index (Phi) is 4.92. The molecule has 0 atom stereocenters. The fourth-order valence-electron chi connectivity index (χ4n) is 2.24. The quantitative estimate of drug-likeness (QED) is 0.730. The first-order chi connectivity index (χ1) is 12.4. The third kappa shape index (κ3) is 4.85. The number of oxazole rings is 1. The third-order valence-electron chi connectivity index (χ3n) is 3.27. The van der Waals surface area contributed by atoms with Gasteiger partial charge in [0.1, 0.15) is 12.0 Å². The molecule has 0 saturated carbocycles. The molecule has 1 heterocycles. The summed E-state index contributed by atoms with van der Waals surface area (Å²) in [6.45, 7) is 0. The Morgan fingerprint density at radius 3 is 2.62 bits per heavy atom. The number of hydrogen-bond acceptors (Lipinski definition) is 4. The molecule has 134 valence electrons. The zero-order chi connectivity index (χ0) is 18.6. The minimum absolute atomic E-state index is 0.0826. The summed E-state index contributed by atoms with van der Waals surface area (Å²) in [4.78, 5) is 16.3. The highest BCUT2D eigenvalue weighted by Crippen LogP contribution is 2.25. The first-order valence-electron chi connectivity index (χ1n) is 7.54. The third-order valence-corrected chi connectivity index (χ3v) is 3.27. The van der Waals surface area contributed by atoms with Crippen LogP contribution in [0.1, 0.15) is 5.69 Å². The minimum Gasteiger partial charge on any atom is -0.444 e. The van der Waals surface area contributed by atoms with Crippen molar-refractivity contribution in [3.05, 3.63) is 66.6 Å². The molecule has 1 aromatic heterocycles. The number of carbonyl (C=O) groups excluding carboxylic acids is 1. The predicted octanol–water partition coefficient (Wildman–Crippen LogP) is 4.42. The summed E-state index contributed by atoms with van der Waals surface area (Å²) in [7, 11) is 0. The second-order valence-corrected chi connectivity index (χ2v) is 5.31. The van der Waals surface area contributed by atoms with Gasteiger partial charge in [-0.2, -0.15) is 0 Å². The van der Waals surface area contributed by atoms with Crippen molar-refractivity contribution in [1.29, 1.82) is 0 Å². The lowest BCUT2D eigenvalue weighted by molar-refractivity contribution is -0.274. The predicted molar refractivity (Wildman–Crippen MR) is 87.4 cm³/mol. The van der Waals surface area contributed by atoms with Crippen LogP contribution in [0.3, 0.4) is 0 Å². The van der Waals surface area contributed by atoms with Crippen LogP contribution in [0.4, 0.5) is 18.9 Å². The Hall–Kier alpha value is -3.29. The Morgan fingerprint density at radius 2 is 1.88 bits per heavy atom. The van der Waals surface area contributed by atoms with Crippen LogP contribution in [0.5, 0.6) is 5.75 Å². The maximum absolute atomic E-state index is 12.2. The molecule has 8 heteroatoms. The molecule has 5 nitrogen and oxygen atoms in total. The first-order valence-corrected chi connectivity index (χ1v) is 7.54. The van der Waals surface area contributed by atoms with Crippen molar-refractivity contribution in [3.8, 4) is 17.2 Å². The number of rotatable bonds is 5. The van der Waals surface area contributed by atoms with E-state index in [2.05, 4.69) is 15.0 Å². The summed E-state index contributed by atoms with van der Waals surface area (Å²) in [5.74, 6) is -0.473.